The normalized spacial score (nSPS) is 11.0. The molecule has 0 radical (unpaired) electrons. The number of hydrogen-bond acceptors (Lipinski definition) is 5. The second kappa shape index (κ2) is 7.13. The molecule has 2 heterocycles. The van der Waals surface area contributed by atoms with E-state index < -0.39 is 0 Å². The van der Waals surface area contributed by atoms with Gasteiger partial charge in [0.15, 0.2) is 5.65 Å². The number of ether oxygens (including phenoxy) is 1. The van der Waals surface area contributed by atoms with E-state index in [1.54, 1.807) is 17.7 Å². The third kappa shape index (κ3) is 3.25. The van der Waals surface area contributed by atoms with Gasteiger partial charge in [0.2, 0.25) is 5.16 Å². The molecule has 2 aromatic carbocycles. The van der Waals surface area contributed by atoms with Crippen LogP contribution in [0.5, 0.6) is 5.75 Å². The number of rotatable bonds is 5. The molecule has 0 N–H and O–H groups in total. The van der Waals surface area contributed by atoms with Gasteiger partial charge in [0.05, 0.1) is 12.8 Å². The van der Waals surface area contributed by atoms with Crippen LogP contribution in [0.1, 0.15) is 5.56 Å². The van der Waals surface area contributed by atoms with Gasteiger partial charge in [-0.15, -0.1) is 10.2 Å². The molecule has 0 atom stereocenters. The minimum atomic E-state index is -0.245. The molecule has 0 aliphatic carbocycles. The van der Waals surface area contributed by atoms with Crippen LogP contribution >= 0.6 is 11.8 Å². The van der Waals surface area contributed by atoms with Crippen molar-refractivity contribution in [2.75, 3.05) is 7.11 Å². The summed E-state index contributed by atoms with van der Waals surface area (Å²) in [6.07, 6.45) is 0. The van der Waals surface area contributed by atoms with E-state index in [2.05, 4.69) is 15.3 Å². The molecule has 0 saturated carbocycles. The summed E-state index contributed by atoms with van der Waals surface area (Å²) in [7, 11) is 1.64. The van der Waals surface area contributed by atoms with E-state index in [1.165, 1.54) is 23.9 Å². The highest BCUT2D eigenvalue weighted by Gasteiger charge is 2.12. The molecule has 0 bridgehead atoms. The van der Waals surface area contributed by atoms with Crippen molar-refractivity contribution >= 4 is 17.4 Å². The largest absolute Gasteiger partial charge is 0.496 e. The van der Waals surface area contributed by atoms with Crippen molar-refractivity contribution in [2.24, 2.45) is 0 Å². The van der Waals surface area contributed by atoms with Crippen molar-refractivity contribution in [1.82, 2.24) is 19.8 Å². The van der Waals surface area contributed by atoms with Gasteiger partial charge in [0.1, 0.15) is 11.6 Å². The van der Waals surface area contributed by atoms with E-state index in [0.29, 0.717) is 16.6 Å². The fraction of sp³-hybridized carbons (Fsp3) is 0.105. The molecular weight excluding hydrogens is 351 g/mol. The van der Waals surface area contributed by atoms with Crippen LogP contribution < -0.4 is 4.74 Å². The van der Waals surface area contributed by atoms with Crippen molar-refractivity contribution in [3.05, 3.63) is 72.0 Å². The highest BCUT2D eigenvalue weighted by atomic mass is 32.2. The quantitative estimate of drug-likeness (QED) is 0.495. The highest BCUT2D eigenvalue weighted by molar-refractivity contribution is 7.98. The molecule has 0 aliphatic rings. The van der Waals surface area contributed by atoms with Crippen molar-refractivity contribution in [2.45, 2.75) is 10.9 Å². The molecule has 7 heteroatoms. The Balaban J connectivity index is 1.66. The van der Waals surface area contributed by atoms with Gasteiger partial charge in [-0.1, -0.05) is 36.0 Å². The maximum atomic E-state index is 13.3. The molecular formula is C19H15FN4OS. The Morgan fingerprint density at radius 3 is 2.77 bits per heavy atom. The summed E-state index contributed by atoms with van der Waals surface area (Å²) in [5.41, 5.74) is 3.20. The van der Waals surface area contributed by atoms with E-state index in [9.17, 15) is 4.39 Å². The summed E-state index contributed by atoms with van der Waals surface area (Å²) in [5, 5.41) is 13.7. The Morgan fingerprint density at radius 1 is 1.04 bits per heavy atom. The van der Waals surface area contributed by atoms with Gasteiger partial charge >= 0.3 is 0 Å². The van der Waals surface area contributed by atoms with Crippen molar-refractivity contribution < 1.29 is 9.13 Å². The Bertz CT molecular complexity index is 1070. The van der Waals surface area contributed by atoms with Gasteiger partial charge in [0, 0.05) is 11.3 Å². The lowest BCUT2D eigenvalue weighted by atomic mass is 10.1. The molecule has 4 rings (SSSR count). The Hall–Kier alpha value is -2.93. The van der Waals surface area contributed by atoms with Crippen molar-refractivity contribution in [3.63, 3.8) is 0 Å². The fourth-order valence-electron chi connectivity index (χ4n) is 2.63. The molecule has 4 aromatic rings. The molecule has 5 nitrogen and oxygen atoms in total. The zero-order valence-corrected chi connectivity index (χ0v) is 14.8. The Labute approximate surface area is 153 Å². The number of hydrogen-bond donors (Lipinski definition) is 0. The summed E-state index contributed by atoms with van der Waals surface area (Å²) >= 11 is 1.46. The van der Waals surface area contributed by atoms with Crippen molar-refractivity contribution in [1.29, 1.82) is 0 Å². The van der Waals surface area contributed by atoms with Gasteiger partial charge in [-0.25, -0.2) is 4.39 Å². The molecule has 26 heavy (non-hydrogen) atoms. The van der Waals surface area contributed by atoms with Gasteiger partial charge < -0.3 is 4.74 Å². The minimum absolute atomic E-state index is 0.245. The van der Waals surface area contributed by atoms with Crippen LogP contribution in [0, 0.1) is 5.82 Å². The van der Waals surface area contributed by atoms with Gasteiger partial charge in [-0.2, -0.15) is 9.61 Å². The van der Waals surface area contributed by atoms with Crippen LogP contribution in [-0.2, 0) is 5.75 Å². The highest BCUT2D eigenvalue weighted by Crippen LogP contribution is 2.29. The molecule has 0 amide bonds. The molecule has 0 saturated heterocycles. The average molecular weight is 366 g/mol. The van der Waals surface area contributed by atoms with Crippen LogP contribution in [0.2, 0.25) is 0 Å². The first-order valence-corrected chi connectivity index (χ1v) is 8.96. The third-order valence-electron chi connectivity index (χ3n) is 3.87. The first-order valence-electron chi connectivity index (χ1n) is 7.98. The predicted molar refractivity (Wildman–Crippen MR) is 98.7 cm³/mol. The van der Waals surface area contributed by atoms with Crippen LogP contribution in [0.3, 0.4) is 0 Å². The van der Waals surface area contributed by atoms with Gasteiger partial charge in [-0.3, -0.25) is 0 Å². The maximum Gasteiger partial charge on any atom is 0.212 e. The summed E-state index contributed by atoms with van der Waals surface area (Å²) in [4.78, 5) is 0. The zero-order chi connectivity index (χ0) is 17.9. The van der Waals surface area contributed by atoms with Crippen LogP contribution in [-0.4, -0.2) is 26.9 Å². The zero-order valence-electron chi connectivity index (χ0n) is 14.0. The summed E-state index contributed by atoms with van der Waals surface area (Å²) in [5.74, 6) is 1.09. The first kappa shape index (κ1) is 16.5. The van der Waals surface area contributed by atoms with E-state index in [-0.39, 0.29) is 5.82 Å². The maximum absolute atomic E-state index is 13.3. The van der Waals surface area contributed by atoms with Gasteiger partial charge in [0.25, 0.3) is 0 Å². The topological polar surface area (TPSA) is 52.3 Å². The number of nitrogens with zero attached hydrogens (tertiary/aromatic N) is 4. The second-order valence-electron chi connectivity index (χ2n) is 5.59. The lowest BCUT2D eigenvalue weighted by Crippen LogP contribution is -1.98. The standard InChI is InChI=1S/C19H15FN4OS/c1-25-17-8-3-2-7-15(17)16-9-10-18-21-22-19(24(18)23-16)26-12-13-5-4-6-14(20)11-13/h2-11H,12H2,1H3. The number of aromatic nitrogens is 4. The monoisotopic (exact) mass is 366 g/mol. The van der Waals surface area contributed by atoms with Crippen LogP contribution in [0.15, 0.2) is 65.8 Å². The first-order chi connectivity index (χ1) is 12.7. The summed E-state index contributed by atoms with van der Waals surface area (Å²) in [6, 6.07) is 18.0. The van der Waals surface area contributed by atoms with Gasteiger partial charge in [-0.05, 0) is 42.0 Å². The van der Waals surface area contributed by atoms with E-state index in [0.717, 1.165) is 22.6 Å². The SMILES string of the molecule is COc1ccccc1-c1ccc2nnc(SCc3cccc(F)c3)n2n1. The lowest BCUT2D eigenvalue weighted by Gasteiger charge is -2.08. The summed E-state index contributed by atoms with van der Waals surface area (Å²) in [6.45, 7) is 0. The number of thioether (sulfide) groups is 1. The fourth-order valence-corrected chi connectivity index (χ4v) is 3.46. The Kier molecular flexibility index (Phi) is 4.53. The van der Waals surface area contributed by atoms with E-state index >= 15 is 0 Å². The van der Waals surface area contributed by atoms with Crippen LogP contribution in [0.4, 0.5) is 4.39 Å². The summed E-state index contributed by atoms with van der Waals surface area (Å²) < 4.78 is 20.5. The molecule has 2 aromatic heterocycles. The third-order valence-corrected chi connectivity index (χ3v) is 4.86. The Morgan fingerprint density at radius 2 is 1.92 bits per heavy atom. The molecule has 0 fully saturated rings. The molecule has 130 valence electrons. The molecule has 0 unspecified atom stereocenters. The van der Waals surface area contributed by atoms with E-state index in [4.69, 9.17) is 4.74 Å². The van der Waals surface area contributed by atoms with Crippen LogP contribution in [0.25, 0.3) is 16.9 Å². The predicted octanol–water partition coefficient (Wildman–Crippen LogP) is 4.23. The number of halogens is 1. The van der Waals surface area contributed by atoms with E-state index in [1.807, 2.05) is 42.5 Å². The number of para-hydroxylation sites is 1. The minimum Gasteiger partial charge on any atom is -0.496 e. The lowest BCUT2D eigenvalue weighted by molar-refractivity contribution is 0.416. The molecule has 0 aliphatic heterocycles. The average Bonchev–Trinajstić information content (AvgIpc) is 3.08. The second-order valence-corrected chi connectivity index (χ2v) is 6.53. The molecule has 0 spiro atoms. The van der Waals surface area contributed by atoms with Crippen molar-refractivity contribution in [3.8, 4) is 17.0 Å². The number of benzene rings is 2. The smallest absolute Gasteiger partial charge is 0.212 e. The number of methoxy groups -OCH3 is 1. The number of fused-ring (bicyclic) bond motifs is 1.